The second-order valence-electron chi connectivity index (χ2n) is 4.30. The molecule has 118 valence electrons. The first kappa shape index (κ1) is 16.7. The van der Waals surface area contributed by atoms with Gasteiger partial charge in [-0.1, -0.05) is 23.2 Å². The number of amides is 1. The zero-order chi connectivity index (χ0) is 17.1. The summed E-state index contributed by atoms with van der Waals surface area (Å²) in [5, 5.41) is 24.6. The molecule has 0 fully saturated rings. The number of halogens is 2. The molecule has 2 rings (SSSR count). The van der Waals surface area contributed by atoms with Crippen molar-refractivity contribution in [3.8, 4) is 0 Å². The number of rotatable bonds is 4. The number of nitro groups is 2. The van der Waals surface area contributed by atoms with Gasteiger partial charge in [0.1, 0.15) is 0 Å². The van der Waals surface area contributed by atoms with Crippen molar-refractivity contribution in [3.63, 3.8) is 0 Å². The van der Waals surface area contributed by atoms with Crippen LogP contribution in [0.15, 0.2) is 36.4 Å². The molecule has 8 nitrogen and oxygen atoms in total. The normalized spacial score (nSPS) is 10.2. The van der Waals surface area contributed by atoms with Crippen LogP contribution in [0.4, 0.5) is 17.1 Å². The lowest BCUT2D eigenvalue weighted by Crippen LogP contribution is -2.12. The summed E-state index contributed by atoms with van der Waals surface area (Å²) < 4.78 is 0. The highest BCUT2D eigenvalue weighted by atomic mass is 35.5. The minimum Gasteiger partial charge on any atom is -0.322 e. The third kappa shape index (κ3) is 3.74. The molecule has 1 N–H and O–H groups in total. The topological polar surface area (TPSA) is 115 Å². The van der Waals surface area contributed by atoms with Gasteiger partial charge in [0, 0.05) is 23.4 Å². The molecule has 23 heavy (non-hydrogen) atoms. The minimum absolute atomic E-state index is 0.103. The van der Waals surface area contributed by atoms with Crippen LogP contribution >= 0.6 is 23.2 Å². The number of hydrogen-bond donors (Lipinski definition) is 1. The Balaban J connectivity index is 2.32. The summed E-state index contributed by atoms with van der Waals surface area (Å²) in [6, 6.07) is 7.23. The predicted octanol–water partition coefficient (Wildman–Crippen LogP) is 4.06. The molecule has 0 radical (unpaired) electrons. The third-order valence-corrected chi connectivity index (χ3v) is 3.55. The van der Waals surface area contributed by atoms with Crippen LogP contribution in [-0.4, -0.2) is 15.8 Å². The van der Waals surface area contributed by atoms with Crippen molar-refractivity contribution in [3.05, 3.63) is 72.2 Å². The molecular formula is C13H7Cl2N3O5. The number of carbonyl (C=O) groups is 1. The van der Waals surface area contributed by atoms with E-state index in [1.807, 2.05) is 0 Å². The standard InChI is InChI=1S/C13H7Cl2N3O5/c14-9-3-2-8(6-10(9)15)16-13(19)7-1-4-11(17(20)21)12(5-7)18(22)23/h1-6H,(H,16,19). The van der Waals surface area contributed by atoms with Crippen molar-refractivity contribution in [2.75, 3.05) is 5.32 Å². The van der Waals surface area contributed by atoms with E-state index in [4.69, 9.17) is 23.2 Å². The number of nitrogens with zero attached hydrogens (tertiary/aromatic N) is 2. The molecule has 0 saturated carbocycles. The van der Waals surface area contributed by atoms with Crippen LogP contribution in [0.2, 0.25) is 10.0 Å². The number of benzene rings is 2. The second kappa shape index (κ2) is 6.59. The average molecular weight is 356 g/mol. The number of nitrogens with one attached hydrogen (secondary N) is 1. The maximum Gasteiger partial charge on any atom is 0.346 e. The molecule has 0 heterocycles. The van der Waals surface area contributed by atoms with Crippen molar-refractivity contribution in [1.29, 1.82) is 0 Å². The maximum absolute atomic E-state index is 12.1. The van der Waals surface area contributed by atoms with Gasteiger partial charge in [0.15, 0.2) is 0 Å². The molecular weight excluding hydrogens is 349 g/mol. The summed E-state index contributed by atoms with van der Waals surface area (Å²) in [5.74, 6) is -0.679. The van der Waals surface area contributed by atoms with Gasteiger partial charge in [-0.15, -0.1) is 0 Å². The van der Waals surface area contributed by atoms with Crippen molar-refractivity contribution in [2.45, 2.75) is 0 Å². The first-order valence-electron chi connectivity index (χ1n) is 5.99. The number of hydrogen-bond acceptors (Lipinski definition) is 5. The predicted molar refractivity (Wildman–Crippen MR) is 84.2 cm³/mol. The SMILES string of the molecule is O=C(Nc1ccc(Cl)c(Cl)c1)c1ccc([N+](=O)[O-])c([N+](=O)[O-])c1. The number of carbonyl (C=O) groups excluding carboxylic acids is 1. The van der Waals surface area contributed by atoms with Crippen LogP contribution in [0.5, 0.6) is 0 Å². The maximum atomic E-state index is 12.1. The molecule has 0 saturated heterocycles. The van der Waals surface area contributed by atoms with Gasteiger partial charge in [-0.3, -0.25) is 25.0 Å². The third-order valence-electron chi connectivity index (χ3n) is 2.81. The zero-order valence-electron chi connectivity index (χ0n) is 11.2. The van der Waals surface area contributed by atoms with E-state index >= 15 is 0 Å². The summed E-state index contributed by atoms with van der Waals surface area (Å²) in [6.07, 6.45) is 0. The largest absolute Gasteiger partial charge is 0.346 e. The van der Waals surface area contributed by atoms with E-state index in [9.17, 15) is 25.0 Å². The monoisotopic (exact) mass is 355 g/mol. The summed E-state index contributed by atoms with van der Waals surface area (Å²) in [4.78, 5) is 31.9. The lowest BCUT2D eigenvalue weighted by atomic mass is 10.1. The highest BCUT2D eigenvalue weighted by Gasteiger charge is 2.25. The molecule has 0 atom stereocenters. The van der Waals surface area contributed by atoms with Crippen molar-refractivity contribution < 1.29 is 14.6 Å². The molecule has 1 amide bonds. The summed E-state index contributed by atoms with van der Waals surface area (Å²) in [7, 11) is 0. The number of nitro benzene ring substituents is 2. The highest BCUT2D eigenvalue weighted by molar-refractivity contribution is 6.42. The van der Waals surface area contributed by atoms with Crippen molar-refractivity contribution in [1.82, 2.24) is 0 Å². The summed E-state index contributed by atoms with van der Waals surface area (Å²) in [6.45, 7) is 0. The van der Waals surface area contributed by atoms with E-state index < -0.39 is 27.1 Å². The Hall–Kier alpha value is -2.71. The van der Waals surface area contributed by atoms with E-state index in [2.05, 4.69) is 5.32 Å². The molecule has 0 spiro atoms. The van der Waals surface area contributed by atoms with Gasteiger partial charge in [0.05, 0.1) is 19.9 Å². The lowest BCUT2D eigenvalue weighted by molar-refractivity contribution is -0.422. The van der Waals surface area contributed by atoms with Crippen LogP contribution in [-0.2, 0) is 0 Å². The fourth-order valence-corrected chi connectivity index (χ4v) is 2.04. The molecule has 2 aromatic carbocycles. The van der Waals surface area contributed by atoms with Crippen molar-refractivity contribution in [2.24, 2.45) is 0 Å². The molecule has 0 aliphatic carbocycles. The second-order valence-corrected chi connectivity index (χ2v) is 5.12. The Morgan fingerprint density at radius 3 is 2.13 bits per heavy atom. The van der Waals surface area contributed by atoms with Crippen LogP contribution in [0.3, 0.4) is 0 Å². The van der Waals surface area contributed by atoms with E-state index in [0.29, 0.717) is 10.7 Å². The van der Waals surface area contributed by atoms with Gasteiger partial charge in [-0.2, -0.15) is 0 Å². The fraction of sp³-hybridized carbons (Fsp3) is 0. The molecule has 0 unspecified atom stereocenters. The van der Waals surface area contributed by atoms with E-state index in [-0.39, 0.29) is 10.6 Å². The van der Waals surface area contributed by atoms with Crippen LogP contribution in [0.25, 0.3) is 0 Å². The minimum atomic E-state index is -0.923. The molecule has 0 aromatic heterocycles. The Kier molecular flexibility index (Phi) is 4.77. The molecule has 0 aliphatic heterocycles. The Morgan fingerprint density at radius 2 is 1.57 bits per heavy atom. The van der Waals surface area contributed by atoms with Gasteiger partial charge in [-0.25, -0.2) is 0 Å². The first-order valence-corrected chi connectivity index (χ1v) is 6.74. The first-order chi connectivity index (χ1) is 10.8. The van der Waals surface area contributed by atoms with Gasteiger partial charge >= 0.3 is 11.4 Å². The molecule has 10 heteroatoms. The fourth-order valence-electron chi connectivity index (χ4n) is 1.74. The lowest BCUT2D eigenvalue weighted by Gasteiger charge is -2.06. The summed E-state index contributed by atoms with van der Waals surface area (Å²) >= 11 is 11.6. The molecule has 2 aromatic rings. The molecule has 0 aliphatic rings. The van der Waals surface area contributed by atoms with Crippen LogP contribution in [0, 0.1) is 20.2 Å². The number of anilines is 1. The smallest absolute Gasteiger partial charge is 0.322 e. The Labute approximate surface area is 138 Å². The van der Waals surface area contributed by atoms with Crippen LogP contribution < -0.4 is 5.32 Å². The van der Waals surface area contributed by atoms with Gasteiger partial charge in [0.25, 0.3) is 5.91 Å². The Morgan fingerprint density at radius 1 is 0.913 bits per heavy atom. The van der Waals surface area contributed by atoms with Crippen molar-refractivity contribution >= 4 is 46.2 Å². The van der Waals surface area contributed by atoms with E-state index in [0.717, 1.165) is 18.2 Å². The van der Waals surface area contributed by atoms with E-state index in [1.54, 1.807) is 0 Å². The average Bonchev–Trinajstić information content (AvgIpc) is 2.50. The zero-order valence-corrected chi connectivity index (χ0v) is 12.7. The summed E-state index contributed by atoms with van der Waals surface area (Å²) in [5.41, 5.74) is -1.24. The quantitative estimate of drug-likeness (QED) is 0.655. The Bertz CT molecular complexity index is 825. The van der Waals surface area contributed by atoms with Gasteiger partial charge in [0.2, 0.25) is 0 Å². The van der Waals surface area contributed by atoms with Crippen LogP contribution in [0.1, 0.15) is 10.4 Å². The van der Waals surface area contributed by atoms with Gasteiger partial charge < -0.3 is 5.32 Å². The molecule has 0 bridgehead atoms. The van der Waals surface area contributed by atoms with E-state index in [1.165, 1.54) is 18.2 Å². The highest BCUT2D eigenvalue weighted by Crippen LogP contribution is 2.28. The van der Waals surface area contributed by atoms with Gasteiger partial charge in [-0.05, 0) is 24.3 Å².